The van der Waals surface area contributed by atoms with E-state index in [1.54, 1.807) is 13.2 Å². The Balaban J connectivity index is 2.09. The normalized spacial score (nSPS) is 39.9. The van der Waals surface area contributed by atoms with Crippen molar-refractivity contribution >= 4 is 29.3 Å². The van der Waals surface area contributed by atoms with Gasteiger partial charge in [-0.05, 0) is 39.0 Å². The summed E-state index contributed by atoms with van der Waals surface area (Å²) in [6, 6.07) is -0.934. The Kier molecular flexibility index (Phi) is 8.67. The molecule has 0 aromatic carbocycles. The average molecular weight is 425 g/mol. The number of alkyl halides is 1. The molecule has 9 heteroatoms. The zero-order valence-corrected chi connectivity index (χ0v) is 18.0. The van der Waals surface area contributed by atoms with Crippen molar-refractivity contribution in [2.75, 3.05) is 19.8 Å². The van der Waals surface area contributed by atoms with Crippen LogP contribution in [0.5, 0.6) is 0 Å². The molecule has 0 saturated carbocycles. The first-order valence-corrected chi connectivity index (χ1v) is 11.3. The molecule has 0 bridgehead atoms. The van der Waals surface area contributed by atoms with Crippen LogP contribution in [0.4, 0.5) is 0 Å². The number of ether oxygens (including phenoxy) is 1. The first kappa shape index (κ1) is 23.2. The first-order chi connectivity index (χ1) is 12.7. The lowest BCUT2D eigenvalue weighted by molar-refractivity contribution is -0.205. The minimum atomic E-state index is -1.36. The molecule has 0 spiro atoms. The molecule has 2 heterocycles. The highest BCUT2D eigenvalue weighted by molar-refractivity contribution is 7.99. The number of aliphatic hydroxyl groups is 3. The maximum atomic E-state index is 12.9. The van der Waals surface area contributed by atoms with E-state index < -0.39 is 41.3 Å². The zero-order valence-electron chi connectivity index (χ0n) is 16.4. The number of thioether (sulfide) groups is 1. The maximum absolute atomic E-state index is 12.9. The van der Waals surface area contributed by atoms with Crippen LogP contribution in [0.15, 0.2) is 0 Å². The van der Waals surface area contributed by atoms with Gasteiger partial charge in [-0.2, -0.15) is 0 Å². The lowest BCUT2D eigenvalue weighted by Gasteiger charge is -2.44. The van der Waals surface area contributed by atoms with Gasteiger partial charge in [-0.25, -0.2) is 0 Å². The van der Waals surface area contributed by atoms with Crippen molar-refractivity contribution in [1.82, 2.24) is 10.2 Å². The van der Waals surface area contributed by atoms with Crippen molar-refractivity contribution in [3.63, 3.8) is 0 Å². The van der Waals surface area contributed by atoms with Gasteiger partial charge >= 0.3 is 0 Å². The van der Waals surface area contributed by atoms with E-state index in [9.17, 15) is 20.1 Å². The number of halogens is 1. The molecule has 7 nitrogen and oxygen atoms in total. The molecule has 27 heavy (non-hydrogen) atoms. The number of likely N-dealkylation sites (tertiary alicyclic amines) is 1. The summed E-state index contributed by atoms with van der Waals surface area (Å²) in [6.45, 7) is 4.74. The highest BCUT2D eigenvalue weighted by Gasteiger charge is 2.48. The van der Waals surface area contributed by atoms with Gasteiger partial charge in [-0.1, -0.05) is 13.3 Å². The largest absolute Gasteiger partial charge is 0.388 e. The van der Waals surface area contributed by atoms with Crippen LogP contribution in [0.1, 0.15) is 33.1 Å². The molecule has 2 aliphatic heterocycles. The van der Waals surface area contributed by atoms with Crippen LogP contribution in [0, 0.1) is 5.92 Å². The minimum Gasteiger partial charge on any atom is -0.388 e. The summed E-state index contributed by atoms with van der Waals surface area (Å²) < 4.78 is 5.79. The Morgan fingerprint density at radius 2 is 2.00 bits per heavy atom. The van der Waals surface area contributed by atoms with E-state index in [1.165, 1.54) is 11.8 Å². The van der Waals surface area contributed by atoms with Gasteiger partial charge in [0, 0.05) is 6.54 Å². The monoisotopic (exact) mass is 424 g/mol. The van der Waals surface area contributed by atoms with E-state index in [1.807, 2.05) is 11.9 Å². The number of carbonyl (C=O) groups excluding carboxylic acids is 1. The molecule has 0 aromatic rings. The number of aliphatic hydroxyl groups excluding tert-OH is 3. The third-order valence-electron chi connectivity index (χ3n) is 5.63. The fourth-order valence-electron chi connectivity index (χ4n) is 4.11. The SMILES string of the molecule is CCCC1CC(C(=O)N[C@@H]([C@H]2O[C@H](SC)[C@H](O)[C@@H](O)[C@H]2O)[C@H](C)Cl)N(C)C1. The highest BCUT2D eigenvalue weighted by Crippen LogP contribution is 2.31. The van der Waals surface area contributed by atoms with Crippen LogP contribution in [0.3, 0.4) is 0 Å². The number of rotatable bonds is 7. The van der Waals surface area contributed by atoms with E-state index in [0.29, 0.717) is 5.92 Å². The van der Waals surface area contributed by atoms with Crippen LogP contribution < -0.4 is 5.32 Å². The molecule has 2 unspecified atom stereocenters. The molecule has 0 radical (unpaired) electrons. The number of hydrogen-bond acceptors (Lipinski definition) is 7. The number of nitrogens with one attached hydrogen (secondary N) is 1. The van der Waals surface area contributed by atoms with E-state index in [0.717, 1.165) is 25.8 Å². The maximum Gasteiger partial charge on any atom is 0.237 e. The molecule has 2 saturated heterocycles. The van der Waals surface area contributed by atoms with E-state index in [2.05, 4.69) is 12.2 Å². The third kappa shape index (κ3) is 5.29. The number of hydrogen-bond donors (Lipinski definition) is 4. The van der Waals surface area contributed by atoms with Gasteiger partial charge < -0.3 is 25.4 Å². The summed E-state index contributed by atoms with van der Waals surface area (Å²) in [5.41, 5.74) is -0.702. The van der Waals surface area contributed by atoms with Gasteiger partial charge in [0.05, 0.1) is 17.5 Å². The molecule has 2 aliphatic rings. The van der Waals surface area contributed by atoms with Crippen molar-refractivity contribution in [2.24, 2.45) is 5.92 Å². The second-order valence-electron chi connectivity index (χ2n) is 7.73. The van der Waals surface area contributed by atoms with E-state index in [-0.39, 0.29) is 11.9 Å². The molecular weight excluding hydrogens is 392 g/mol. The van der Waals surface area contributed by atoms with Crippen LogP contribution >= 0.6 is 23.4 Å². The molecule has 2 rings (SSSR count). The van der Waals surface area contributed by atoms with Crippen LogP contribution in [-0.4, -0.2) is 93.3 Å². The molecule has 0 aromatic heterocycles. The Morgan fingerprint density at radius 3 is 2.56 bits per heavy atom. The molecular formula is C18H33ClN2O5S. The number of likely N-dealkylation sites (N-methyl/N-ethyl adjacent to an activating group) is 1. The molecule has 1 amide bonds. The molecule has 158 valence electrons. The first-order valence-electron chi connectivity index (χ1n) is 9.58. The predicted octanol–water partition coefficient (Wildman–Crippen LogP) is 0.390. The molecule has 2 fully saturated rings. The van der Waals surface area contributed by atoms with Gasteiger partial charge in [0.15, 0.2) is 0 Å². The van der Waals surface area contributed by atoms with Crippen LogP contribution in [-0.2, 0) is 9.53 Å². The fourth-order valence-corrected chi connectivity index (χ4v) is 5.00. The van der Waals surface area contributed by atoms with Gasteiger partial charge in [0.2, 0.25) is 5.91 Å². The third-order valence-corrected chi connectivity index (χ3v) is 6.76. The Morgan fingerprint density at radius 1 is 1.33 bits per heavy atom. The summed E-state index contributed by atoms with van der Waals surface area (Å²) in [5, 5.41) is 33.0. The van der Waals surface area contributed by atoms with Crippen molar-refractivity contribution in [3.8, 4) is 0 Å². The average Bonchev–Trinajstić information content (AvgIpc) is 2.99. The van der Waals surface area contributed by atoms with Crippen molar-refractivity contribution in [2.45, 2.75) is 80.4 Å². The Bertz CT molecular complexity index is 498. The second kappa shape index (κ2) is 10.1. The van der Waals surface area contributed by atoms with Gasteiger partial charge in [-0.3, -0.25) is 9.69 Å². The Hall–Kier alpha value is -0.0900. The zero-order chi connectivity index (χ0) is 20.3. The van der Waals surface area contributed by atoms with Crippen LogP contribution in [0.2, 0.25) is 0 Å². The van der Waals surface area contributed by atoms with Crippen LogP contribution in [0.25, 0.3) is 0 Å². The van der Waals surface area contributed by atoms with E-state index in [4.69, 9.17) is 16.3 Å². The van der Waals surface area contributed by atoms with Gasteiger partial charge in [0.1, 0.15) is 29.9 Å². The standard InChI is InChI=1S/C18H33ClN2O5S/c1-5-6-10-7-11(21(3)8-10)17(25)20-12(9(2)19)16-14(23)13(22)15(24)18(26-16)27-4/h9-16,18,22-24H,5-8H2,1-4H3,(H,20,25)/t9-,10?,11?,12+,13-,14+,15+,16+,18+/m0/s1. The van der Waals surface area contributed by atoms with Gasteiger partial charge in [0.25, 0.3) is 0 Å². The second-order valence-corrected chi connectivity index (χ2v) is 9.36. The van der Waals surface area contributed by atoms with Crippen molar-refractivity contribution < 1.29 is 24.9 Å². The van der Waals surface area contributed by atoms with Crippen molar-refractivity contribution in [1.29, 1.82) is 0 Å². The summed E-state index contributed by atoms with van der Waals surface area (Å²) in [4.78, 5) is 14.9. The number of carbonyl (C=O) groups is 1. The predicted molar refractivity (Wildman–Crippen MR) is 107 cm³/mol. The summed E-state index contributed by atoms with van der Waals surface area (Å²) >= 11 is 7.55. The summed E-state index contributed by atoms with van der Waals surface area (Å²) in [7, 11) is 1.94. The molecule has 4 N–H and O–H groups in total. The number of amides is 1. The minimum absolute atomic E-state index is 0.147. The lowest BCUT2D eigenvalue weighted by atomic mass is 9.92. The molecule has 9 atom stereocenters. The number of nitrogens with zero attached hydrogens (tertiary/aromatic N) is 1. The quantitative estimate of drug-likeness (QED) is 0.438. The summed E-state index contributed by atoms with van der Waals surface area (Å²) in [5.74, 6) is 0.350. The van der Waals surface area contributed by atoms with Crippen molar-refractivity contribution in [3.05, 3.63) is 0 Å². The highest BCUT2D eigenvalue weighted by atomic mass is 35.5. The fraction of sp³-hybridized carbons (Fsp3) is 0.944. The van der Waals surface area contributed by atoms with E-state index >= 15 is 0 Å². The Labute approximate surface area is 170 Å². The summed E-state index contributed by atoms with van der Waals surface area (Å²) in [6.07, 6.45) is -0.0980. The smallest absolute Gasteiger partial charge is 0.237 e. The molecule has 0 aliphatic carbocycles. The topological polar surface area (TPSA) is 102 Å². The van der Waals surface area contributed by atoms with Gasteiger partial charge in [-0.15, -0.1) is 23.4 Å². The lowest BCUT2D eigenvalue weighted by Crippen LogP contribution is -2.65.